The first kappa shape index (κ1) is 18.9. The van der Waals surface area contributed by atoms with E-state index in [1.165, 1.54) is 31.4 Å². The van der Waals surface area contributed by atoms with Crippen LogP contribution in [0.1, 0.15) is 5.56 Å². The summed E-state index contributed by atoms with van der Waals surface area (Å²) in [5.41, 5.74) is 0.562. The third-order valence-corrected chi connectivity index (χ3v) is 3.96. The van der Waals surface area contributed by atoms with Crippen LogP contribution in [0, 0.1) is 17.0 Å². The largest absolute Gasteiger partial charge is 0.490 e. The number of amides is 1. The molecule has 0 spiro atoms. The molecule has 0 atom stereocenters. The Morgan fingerprint density at radius 3 is 2.68 bits per heavy atom. The Labute approximate surface area is 158 Å². The Kier molecular flexibility index (Phi) is 5.25. The maximum atomic E-state index is 12.2. The molecule has 9 nitrogen and oxygen atoms in total. The Morgan fingerprint density at radius 2 is 1.96 bits per heavy atom. The van der Waals surface area contributed by atoms with Gasteiger partial charge in [0.15, 0.2) is 12.4 Å². The van der Waals surface area contributed by atoms with Crippen molar-refractivity contribution in [1.29, 1.82) is 0 Å². The van der Waals surface area contributed by atoms with Crippen LogP contribution in [-0.4, -0.2) is 24.5 Å². The molecule has 28 heavy (non-hydrogen) atoms. The van der Waals surface area contributed by atoms with Crippen molar-refractivity contribution < 1.29 is 23.6 Å². The van der Waals surface area contributed by atoms with Crippen LogP contribution in [0.25, 0.3) is 11.0 Å². The third-order valence-electron chi connectivity index (χ3n) is 3.96. The highest BCUT2D eigenvalue weighted by atomic mass is 16.6. The molecule has 0 bridgehead atoms. The van der Waals surface area contributed by atoms with E-state index in [9.17, 15) is 19.7 Å². The minimum absolute atomic E-state index is 0.0383. The molecular weight excluding hydrogens is 368 g/mol. The van der Waals surface area contributed by atoms with Crippen molar-refractivity contribution in [3.63, 3.8) is 0 Å². The van der Waals surface area contributed by atoms with Gasteiger partial charge in [-0.2, -0.15) is 0 Å². The number of hydrogen-bond donors (Lipinski definition) is 1. The van der Waals surface area contributed by atoms with Crippen molar-refractivity contribution >= 4 is 28.3 Å². The molecule has 144 valence electrons. The fraction of sp³-hybridized carbons (Fsp3) is 0.158. The van der Waals surface area contributed by atoms with Gasteiger partial charge in [0.2, 0.25) is 0 Å². The summed E-state index contributed by atoms with van der Waals surface area (Å²) in [5, 5.41) is 14.4. The standard InChI is InChI=1S/C19H16N2O7/c1-11-7-15(21(24)25)17(26-2)9-14(11)20-18(22)10-27-13-5-3-12-4-6-19(23)28-16(12)8-13/h3-9H,10H2,1-2H3,(H,20,22). The van der Waals surface area contributed by atoms with Crippen molar-refractivity contribution in [2.24, 2.45) is 0 Å². The van der Waals surface area contributed by atoms with Gasteiger partial charge in [0.05, 0.1) is 12.0 Å². The van der Waals surface area contributed by atoms with Crippen molar-refractivity contribution in [2.45, 2.75) is 6.92 Å². The number of methoxy groups -OCH3 is 1. The number of nitrogens with zero attached hydrogens (tertiary/aromatic N) is 1. The highest BCUT2D eigenvalue weighted by Crippen LogP contribution is 2.32. The summed E-state index contributed by atoms with van der Waals surface area (Å²) < 4.78 is 15.5. The van der Waals surface area contributed by atoms with Gasteiger partial charge in [-0.15, -0.1) is 0 Å². The van der Waals surface area contributed by atoms with Crippen molar-refractivity contribution in [1.82, 2.24) is 0 Å². The van der Waals surface area contributed by atoms with Crippen LogP contribution in [0.5, 0.6) is 11.5 Å². The summed E-state index contributed by atoms with van der Waals surface area (Å²) in [6.45, 7) is 1.33. The van der Waals surface area contributed by atoms with Gasteiger partial charge in [-0.25, -0.2) is 4.79 Å². The molecule has 0 saturated heterocycles. The second-order valence-corrected chi connectivity index (χ2v) is 5.89. The zero-order valence-corrected chi connectivity index (χ0v) is 15.1. The Hall–Kier alpha value is -3.88. The van der Waals surface area contributed by atoms with Gasteiger partial charge < -0.3 is 19.2 Å². The van der Waals surface area contributed by atoms with E-state index < -0.39 is 16.5 Å². The number of nitrogens with one attached hydrogen (secondary N) is 1. The molecule has 1 amide bonds. The molecule has 3 rings (SSSR count). The number of benzene rings is 2. The van der Waals surface area contributed by atoms with Crippen LogP contribution >= 0.6 is 0 Å². The lowest BCUT2D eigenvalue weighted by molar-refractivity contribution is -0.385. The number of hydrogen-bond acceptors (Lipinski definition) is 7. The lowest BCUT2D eigenvalue weighted by Crippen LogP contribution is -2.20. The summed E-state index contributed by atoms with van der Waals surface area (Å²) in [5.74, 6) is -0.0694. The van der Waals surface area contributed by atoms with E-state index in [1.807, 2.05) is 0 Å². The molecule has 3 aromatic rings. The van der Waals surface area contributed by atoms with E-state index in [1.54, 1.807) is 25.1 Å². The monoisotopic (exact) mass is 384 g/mol. The molecule has 1 heterocycles. The van der Waals surface area contributed by atoms with Crippen molar-refractivity contribution in [3.05, 3.63) is 68.6 Å². The highest BCUT2D eigenvalue weighted by molar-refractivity contribution is 5.93. The summed E-state index contributed by atoms with van der Waals surface area (Å²) in [7, 11) is 1.31. The van der Waals surface area contributed by atoms with Gasteiger partial charge in [-0.05, 0) is 30.7 Å². The maximum absolute atomic E-state index is 12.2. The minimum atomic E-state index is -0.557. The topological polar surface area (TPSA) is 121 Å². The highest BCUT2D eigenvalue weighted by Gasteiger charge is 2.18. The Morgan fingerprint density at radius 1 is 1.21 bits per heavy atom. The summed E-state index contributed by atoms with van der Waals surface area (Å²) in [4.78, 5) is 34.0. The Bertz CT molecular complexity index is 1120. The molecule has 0 saturated carbocycles. The average molecular weight is 384 g/mol. The van der Waals surface area contributed by atoms with Crippen molar-refractivity contribution in [2.75, 3.05) is 19.0 Å². The smallest absolute Gasteiger partial charge is 0.336 e. The van der Waals surface area contributed by atoms with Crippen LogP contribution in [0.2, 0.25) is 0 Å². The number of nitro groups is 1. The van der Waals surface area contributed by atoms with E-state index in [-0.39, 0.29) is 18.0 Å². The van der Waals surface area contributed by atoms with Gasteiger partial charge in [-0.1, -0.05) is 0 Å². The number of nitro benzene ring substituents is 1. The summed E-state index contributed by atoms with van der Waals surface area (Å²) in [6, 6.07) is 10.5. The lowest BCUT2D eigenvalue weighted by atomic mass is 10.1. The molecule has 0 aliphatic carbocycles. The molecule has 0 fully saturated rings. The fourth-order valence-corrected chi connectivity index (χ4v) is 2.58. The van der Waals surface area contributed by atoms with Crippen LogP contribution in [0.15, 0.2) is 51.7 Å². The van der Waals surface area contributed by atoms with Gasteiger partial charge >= 0.3 is 11.3 Å². The number of aryl methyl sites for hydroxylation is 1. The number of ether oxygens (including phenoxy) is 2. The lowest BCUT2D eigenvalue weighted by Gasteiger charge is -2.11. The second kappa shape index (κ2) is 7.78. The Balaban J connectivity index is 1.71. The zero-order valence-electron chi connectivity index (χ0n) is 15.1. The van der Waals surface area contributed by atoms with Gasteiger partial charge in [0.1, 0.15) is 11.3 Å². The molecular formula is C19H16N2O7. The van der Waals surface area contributed by atoms with Gasteiger partial charge in [0, 0.05) is 35.3 Å². The molecule has 0 unspecified atom stereocenters. The van der Waals surface area contributed by atoms with Gasteiger partial charge in [0.25, 0.3) is 5.91 Å². The molecule has 2 aromatic carbocycles. The van der Waals surface area contributed by atoms with E-state index in [4.69, 9.17) is 13.9 Å². The first-order chi connectivity index (χ1) is 13.4. The predicted octanol–water partition coefficient (Wildman–Crippen LogP) is 3.04. The summed E-state index contributed by atoms with van der Waals surface area (Å²) >= 11 is 0. The zero-order chi connectivity index (χ0) is 20.3. The first-order valence-corrected chi connectivity index (χ1v) is 8.17. The fourth-order valence-electron chi connectivity index (χ4n) is 2.58. The third kappa shape index (κ3) is 4.09. The molecule has 1 aromatic heterocycles. The van der Waals surface area contributed by atoms with E-state index in [0.29, 0.717) is 22.6 Å². The number of carbonyl (C=O) groups excluding carboxylic acids is 1. The number of anilines is 1. The maximum Gasteiger partial charge on any atom is 0.336 e. The van der Waals surface area contributed by atoms with Crippen LogP contribution in [0.4, 0.5) is 11.4 Å². The van der Waals surface area contributed by atoms with Gasteiger partial charge in [-0.3, -0.25) is 14.9 Å². The molecule has 0 aliphatic heterocycles. The predicted molar refractivity (Wildman–Crippen MR) is 101 cm³/mol. The van der Waals surface area contributed by atoms with Crippen LogP contribution < -0.4 is 20.4 Å². The SMILES string of the molecule is COc1cc(NC(=O)COc2ccc3ccc(=O)oc3c2)c(C)cc1[N+](=O)[O-]. The van der Waals surface area contributed by atoms with Crippen molar-refractivity contribution in [3.8, 4) is 11.5 Å². The van der Waals surface area contributed by atoms with Crippen LogP contribution in [-0.2, 0) is 4.79 Å². The number of fused-ring (bicyclic) bond motifs is 1. The van der Waals surface area contributed by atoms with E-state index in [2.05, 4.69) is 5.32 Å². The normalized spacial score (nSPS) is 10.5. The van der Waals surface area contributed by atoms with E-state index in [0.717, 1.165) is 5.39 Å². The minimum Gasteiger partial charge on any atom is -0.490 e. The summed E-state index contributed by atoms with van der Waals surface area (Å²) in [6.07, 6.45) is 0. The quantitative estimate of drug-likeness (QED) is 0.394. The molecule has 0 radical (unpaired) electrons. The first-order valence-electron chi connectivity index (χ1n) is 8.17. The van der Waals surface area contributed by atoms with Crippen LogP contribution in [0.3, 0.4) is 0 Å². The van der Waals surface area contributed by atoms with E-state index >= 15 is 0 Å². The number of carbonyl (C=O) groups is 1. The molecule has 0 aliphatic rings. The molecule has 1 N–H and O–H groups in total. The number of rotatable bonds is 6. The second-order valence-electron chi connectivity index (χ2n) is 5.89. The molecule has 9 heteroatoms. The average Bonchev–Trinajstić information content (AvgIpc) is 2.67.